The molecule has 1 rings (SSSR count). The van der Waals surface area contributed by atoms with Crippen molar-refractivity contribution in [3.8, 4) is 0 Å². The van der Waals surface area contributed by atoms with Crippen LogP contribution in [0.15, 0.2) is 5.16 Å². The normalized spacial score (nSPS) is 14.3. The summed E-state index contributed by atoms with van der Waals surface area (Å²) in [4.78, 5) is 0. The Morgan fingerprint density at radius 1 is 1.35 bits per heavy atom. The van der Waals surface area contributed by atoms with Gasteiger partial charge in [0.15, 0.2) is 0 Å². The van der Waals surface area contributed by atoms with E-state index in [1.807, 2.05) is 7.05 Å². The molecule has 6 heteroatoms. The molecule has 1 heterocycles. The van der Waals surface area contributed by atoms with Crippen LogP contribution in [0.2, 0.25) is 0 Å². The Kier molecular flexibility index (Phi) is 4.94. The summed E-state index contributed by atoms with van der Waals surface area (Å²) in [5.41, 5.74) is 0.145. The second-order valence-electron chi connectivity index (χ2n) is 5.62. The molecule has 0 radical (unpaired) electrons. The minimum atomic E-state index is 0.145. The molecule has 1 aromatic heterocycles. The number of thioether (sulfide) groups is 1. The maximum atomic E-state index is 4.02. The first-order valence-electron chi connectivity index (χ1n) is 5.93. The van der Waals surface area contributed by atoms with Gasteiger partial charge in [-0.05, 0) is 37.1 Å². The van der Waals surface area contributed by atoms with Gasteiger partial charge in [-0.1, -0.05) is 25.6 Å². The summed E-state index contributed by atoms with van der Waals surface area (Å²) in [6.45, 7) is 12.0. The van der Waals surface area contributed by atoms with E-state index < -0.39 is 0 Å². The van der Waals surface area contributed by atoms with Gasteiger partial charge in [-0.15, -0.1) is 5.10 Å². The molecule has 17 heavy (non-hydrogen) atoms. The maximum Gasteiger partial charge on any atom is 0.209 e. The SMILES string of the molecule is CC(C)C(CNC(C)(C)C)Sc1nnnn1C. The lowest BCUT2D eigenvalue weighted by Gasteiger charge is -2.26. The van der Waals surface area contributed by atoms with Gasteiger partial charge in [-0.2, -0.15) is 0 Å². The highest BCUT2D eigenvalue weighted by Crippen LogP contribution is 2.25. The molecule has 1 atom stereocenters. The largest absolute Gasteiger partial charge is 0.311 e. The predicted molar refractivity (Wildman–Crippen MR) is 71.0 cm³/mol. The summed E-state index contributed by atoms with van der Waals surface area (Å²) in [6.07, 6.45) is 0. The first-order chi connectivity index (χ1) is 7.79. The number of aryl methyl sites for hydroxylation is 1. The zero-order chi connectivity index (χ0) is 13.1. The second-order valence-corrected chi connectivity index (χ2v) is 6.82. The lowest BCUT2D eigenvalue weighted by molar-refractivity contribution is 0.407. The zero-order valence-electron chi connectivity index (χ0n) is 11.6. The van der Waals surface area contributed by atoms with Crippen LogP contribution in [0.25, 0.3) is 0 Å². The number of tetrazole rings is 1. The monoisotopic (exact) mass is 257 g/mol. The molecule has 0 aromatic carbocycles. The third-order valence-corrected chi connectivity index (χ3v) is 3.99. The molecular weight excluding hydrogens is 234 g/mol. The van der Waals surface area contributed by atoms with Crippen LogP contribution in [0.3, 0.4) is 0 Å². The van der Waals surface area contributed by atoms with Crippen LogP contribution in [0.5, 0.6) is 0 Å². The number of hydrogen-bond donors (Lipinski definition) is 1. The Labute approximate surface area is 108 Å². The lowest BCUT2D eigenvalue weighted by Crippen LogP contribution is -2.41. The summed E-state index contributed by atoms with van der Waals surface area (Å²) >= 11 is 1.74. The molecule has 1 unspecified atom stereocenters. The second kappa shape index (κ2) is 5.82. The van der Waals surface area contributed by atoms with Crippen molar-refractivity contribution in [1.82, 2.24) is 25.5 Å². The smallest absolute Gasteiger partial charge is 0.209 e. The van der Waals surface area contributed by atoms with Gasteiger partial charge in [0.1, 0.15) is 0 Å². The van der Waals surface area contributed by atoms with E-state index in [0.29, 0.717) is 11.2 Å². The van der Waals surface area contributed by atoms with Crippen molar-refractivity contribution < 1.29 is 0 Å². The molecule has 0 bridgehead atoms. The molecule has 0 spiro atoms. The van der Waals surface area contributed by atoms with Crippen LogP contribution in [-0.2, 0) is 7.05 Å². The fraction of sp³-hybridized carbons (Fsp3) is 0.909. The number of aromatic nitrogens is 4. The van der Waals surface area contributed by atoms with E-state index in [1.165, 1.54) is 0 Å². The minimum Gasteiger partial charge on any atom is -0.311 e. The molecule has 0 amide bonds. The highest BCUT2D eigenvalue weighted by molar-refractivity contribution is 7.99. The first-order valence-corrected chi connectivity index (χ1v) is 6.81. The topological polar surface area (TPSA) is 55.6 Å². The fourth-order valence-electron chi connectivity index (χ4n) is 1.28. The molecule has 0 aliphatic rings. The van der Waals surface area contributed by atoms with E-state index in [4.69, 9.17) is 0 Å². The van der Waals surface area contributed by atoms with Crippen molar-refractivity contribution in [1.29, 1.82) is 0 Å². The van der Waals surface area contributed by atoms with Gasteiger partial charge in [-0.25, -0.2) is 4.68 Å². The van der Waals surface area contributed by atoms with Crippen molar-refractivity contribution in [2.75, 3.05) is 6.54 Å². The van der Waals surface area contributed by atoms with E-state index in [2.05, 4.69) is 55.5 Å². The molecule has 98 valence electrons. The van der Waals surface area contributed by atoms with Crippen molar-refractivity contribution in [2.45, 2.75) is 50.6 Å². The van der Waals surface area contributed by atoms with Crippen LogP contribution in [0, 0.1) is 5.92 Å². The molecule has 1 aromatic rings. The molecule has 0 saturated heterocycles. The highest BCUT2D eigenvalue weighted by atomic mass is 32.2. The van der Waals surface area contributed by atoms with Gasteiger partial charge in [-0.3, -0.25) is 0 Å². The Bertz CT molecular complexity index is 342. The summed E-state index contributed by atoms with van der Waals surface area (Å²) in [6, 6.07) is 0. The van der Waals surface area contributed by atoms with Gasteiger partial charge >= 0.3 is 0 Å². The number of hydrogen-bond acceptors (Lipinski definition) is 5. The standard InChI is InChI=1S/C11H23N5S/c1-8(2)9(7-12-11(3,4)5)17-10-13-14-15-16(10)6/h8-9,12H,7H2,1-6H3. The number of nitrogens with one attached hydrogen (secondary N) is 1. The third kappa shape index (κ3) is 5.04. The van der Waals surface area contributed by atoms with E-state index in [-0.39, 0.29) is 5.54 Å². The molecule has 1 N–H and O–H groups in total. The van der Waals surface area contributed by atoms with Gasteiger partial charge < -0.3 is 5.32 Å². The molecule has 0 fully saturated rings. The predicted octanol–water partition coefficient (Wildman–Crippen LogP) is 1.71. The number of rotatable bonds is 5. The summed E-state index contributed by atoms with van der Waals surface area (Å²) in [7, 11) is 1.87. The van der Waals surface area contributed by atoms with Crippen LogP contribution < -0.4 is 5.32 Å². The van der Waals surface area contributed by atoms with Gasteiger partial charge in [0, 0.05) is 24.4 Å². The average molecular weight is 257 g/mol. The third-order valence-electron chi connectivity index (χ3n) is 2.42. The average Bonchev–Trinajstić information content (AvgIpc) is 2.56. The summed E-state index contributed by atoms with van der Waals surface area (Å²) < 4.78 is 1.72. The zero-order valence-corrected chi connectivity index (χ0v) is 12.4. The van der Waals surface area contributed by atoms with Crippen LogP contribution in [0.4, 0.5) is 0 Å². The highest BCUT2D eigenvalue weighted by Gasteiger charge is 2.20. The lowest BCUT2D eigenvalue weighted by atomic mass is 10.1. The first kappa shape index (κ1) is 14.4. The maximum absolute atomic E-state index is 4.02. The van der Waals surface area contributed by atoms with Crippen molar-refractivity contribution in [3.63, 3.8) is 0 Å². The summed E-state index contributed by atoms with van der Waals surface area (Å²) in [5, 5.41) is 16.4. The van der Waals surface area contributed by atoms with Gasteiger partial charge in [0.25, 0.3) is 0 Å². The number of nitrogens with zero attached hydrogens (tertiary/aromatic N) is 4. The van der Waals surface area contributed by atoms with Crippen LogP contribution in [0.1, 0.15) is 34.6 Å². The molecular formula is C11H23N5S. The van der Waals surface area contributed by atoms with Gasteiger partial charge in [0.05, 0.1) is 0 Å². The quantitative estimate of drug-likeness (QED) is 0.814. The Morgan fingerprint density at radius 3 is 2.41 bits per heavy atom. The van der Waals surface area contributed by atoms with Crippen LogP contribution >= 0.6 is 11.8 Å². The van der Waals surface area contributed by atoms with E-state index in [9.17, 15) is 0 Å². The summed E-state index contributed by atoms with van der Waals surface area (Å²) in [5.74, 6) is 0.576. The minimum absolute atomic E-state index is 0.145. The van der Waals surface area contributed by atoms with Crippen molar-refractivity contribution in [2.24, 2.45) is 13.0 Å². The Morgan fingerprint density at radius 2 is 2.00 bits per heavy atom. The van der Waals surface area contributed by atoms with Crippen molar-refractivity contribution in [3.05, 3.63) is 0 Å². The van der Waals surface area contributed by atoms with E-state index >= 15 is 0 Å². The molecule has 0 aliphatic heterocycles. The Balaban J connectivity index is 2.58. The van der Waals surface area contributed by atoms with E-state index in [0.717, 1.165) is 11.7 Å². The van der Waals surface area contributed by atoms with Crippen molar-refractivity contribution >= 4 is 11.8 Å². The van der Waals surface area contributed by atoms with Crippen LogP contribution in [-0.4, -0.2) is 37.5 Å². The fourth-order valence-corrected chi connectivity index (χ4v) is 2.26. The molecule has 0 aliphatic carbocycles. The molecule has 5 nitrogen and oxygen atoms in total. The Hall–Kier alpha value is -0.620. The molecule has 0 saturated carbocycles. The van der Waals surface area contributed by atoms with E-state index in [1.54, 1.807) is 16.4 Å². The van der Waals surface area contributed by atoms with Gasteiger partial charge in [0.2, 0.25) is 5.16 Å².